The van der Waals surface area contributed by atoms with Crippen LogP contribution in [0.15, 0.2) is 30.6 Å². The van der Waals surface area contributed by atoms with Crippen LogP contribution < -0.4 is 10.1 Å². The minimum Gasteiger partial charge on any atom is -0.496 e. The van der Waals surface area contributed by atoms with E-state index in [1.54, 1.807) is 20.4 Å². The van der Waals surface area contributed by atoms with Crippen LogP contribution in [0.3, 0.4) is 0 Å². The van der Waals surface area contributed by atoms with Crippen molar-refractivity contribution in [2.75, 3.05) is 26.1 Å². The Kier molecular flexibility index (Phi) is 5.26. The minimum atomic E-state index is 0.582. The zero-order valence-corrected chi connectivity index (χ0v) is 12.4. The van der Waals surface area contributed by atoms with E-state index in [0.29, 0.717) is 18.2 Å². The van der Waals surface area contributed by atoms with Crippen molar-refractivity contribution in [3.63, 3.8) is 0 Å². The van der Waals surface area contributed by atoms with Crippen molar-refractivity contribution in [2.24, 2.45) is 0 Å². The maximum Gasteiger partial charge on any atom is 0.125 e. The molecule has 5 nitrogen and oxygen atoms in total. The van der Waals surface area contributed by atoms with Gasteiger partial charge in [0, 0.05) is 30.4 Å². The van der Waals surface area contributed by atoms with Crippen LogP contribution in [0.5, 0.6) is 5.75 Å². The van der Waals surface area contributed by atoms with Gasteiger partial charge in [0.25, 0.3) is 0 Å². The van der Waals surface area contributed by atoms with Crippen LogP contribution in [0.25, 0.3) is 0 Å². The van der Waals surface area contributed by atoms with E-state index >= 15 is 0 Å². The molecular weight excluding hydrogens is 278 g/mol. The van der Waals surface area contributed by atoms with Crippen molar-refractivity contribution < 1.29 is 9.47 Å². The first-order chi connectivity index (χ1) is 9.74. The summed E-state index contributed by atoms with van der Waals surface area (Å²) in [6.45, 7) is 1.95. The first-order valence-electron chi connectivity index (χ1n) is 6.31. The van der Waals surface area contributed by atoms with Crippen molar-refractivity contribution in [3.05, 3.63) is 41.2 Å². The van der Waals surface area contributed by atoms with E-state index in [-0.39, 0.29) is 0 Å². The summed E-state index contributed by atoms with van der Waals surface area (Å²) >= 11 is 6.19. The van der Waals surface area contributed by atoms with Gasteiger partial charge in [0.1, 0.15) is 5.75 Å². The lowest BCUT2D eigenvalue weighted by Crippen LogP contribution is -2.04. The summed E-state index contributed by atoms with van der Waals surface area (Å²) in [7, 11) is 3.31. The summed E-state index contributed by atoms with van der Waals surface area (Å²) < 4.78 is 12.2. The van der Waals surface area contributed by atoms with E-state index in [4.69, 9.17) is 21.1 Å². The molecule has 0 atom stereocenters. The number of nitrogens with zero attached hydrogens (tertiary/aromatic N) is 2. The number of hydrogen-bond donors (Lipinski definition) is 1. The second-order valence-corrected chi connectivity index (χ2v) is 4.67. The Hall–Kier alpha value is -1.72. The van der Waals surface area contributed by atoms with Gasteiger partial charge >= 0.3 is 0 Å². The quantitative estimate of drug-likeness (QED) is 0.853. The summed E-state index contributed by atoms with van der Waals surface area (Å²) in [5.41, 5.74) is 1.87. The number of nitrogens with one attached hydrogen (secondary N) is 1. The Labute approximate surface area is 123 Å². The SMILES string of the molecule is COCCn1cc(NCc2c(Cl)cccc2OC)cn1. The summed E-state index contributed by atoms with van der Waals surface area (Å²) in [6.07, 6.45) is 3.71. The summed E-state index contributed by atoms with van der Waals surface area (Å²) in [5.74, 6) is 0.775. The standard InChI is InChI=1S/C14H18ClN3O2/c1-19-7-6-18-10-11(8-17-18)16-9-12-13(15)4-3-5-14(12)20-2/h3-5,8,10,16H,6-7,9H2,1-2H3. The molecule has 2 rings (SSSR count). The van der Waals surface area contributed by atoms with E-state index in [0.717, 1.165) is 23.5 Å². The van der Waals surface area contributed by atoms with Gasteiger partial charge in [0.05, 0.1) is 32.1 Å². The van der Waals surface area contributed by atoms with Gasteiger partial charge in [-0.2, -0.15) is 5.10 Å². The molecule has 108 valence electrons. The second-order valence-electron chi connectivity index (χ2n) is 4.26. The Balaban J connectivity index is 2.00. The normalized spacial score (nSPS) is 10.6. The maximum atomic E-state index is 6.19. The lowest BCUT2D eigenvalue weighted by Gasteiger charge is -2.11. The lowest BCUT2D eigenvalue weighted by molar-refractivity contribution is 0.183. The number of hydrogen-bond acceptors (Lipinski definition) is 4. The molecule has 1 aromatic heterocycles. The second kappa shape index (κ2) is 7.17. The van der Waals surface area contributed by atoms with Gasteiger partial charge < -0.3 is 14.8 Å². The summed E-state index contributed by atoms with van der Waals surface area (Å²) in [6, 6.07) is 5.61. The predicted octanol–water partition coefficient (Wildman–Crippen LogP) is 2.80. The smallest absolute Gasteiger partial charge is 0.125 e. The molecule has 2 aromatic rings. The molecule has 0 aliphatic rings. The van der Waals surface area contributed by atoms with Crippen molar-refractivity contribution >= 4 is 17.3 Å². The molecule has 0 saturated carbocycles. The number of ether oxygens (including phenoxy) is 2. The summed E-state index contributed by atoms with van der Waals surface area (Å²) in [4.78, 5) is 0. The molecule has 0 fully saturated rings. The van der Waals surface area contributed by atoms with E-state index in [2.05, 4.69) is 10.4 Å². The topological polar surface area (TPSA) is 48.3 Å². The van der Waals surface area contributed by atoms with Crippen molar-refractivity contribution in [1.29, 1.82) is 0 Å². The Morgan fingerprint density at radius 3 is 2.95 bits per heavy atom. The fourth-order valence-corrected chi connectivity index (χ4v) is 2.09. The van der Waals surface area contributed by atoms with Gasteiger partial charge in [-0.05, 0) is 12.1 Å². The molecule has 20 heavy (non-hydrogen) atoms. The number of benzene rings is 1. The van der Waals surface area contributed by atoms with Crippen LogP contribution in [-0.4, -0.2) is 30.6 Å². The highest BCUT2D eigenvalue weighted by Gasteiger charge is 2.07. The van der Waals surface area contributed by atoms with Gasteiger partial charge in [0.15, 0.2) is 0 Å². The number of rotatable bonds is 7. The molecular formula is C14H18ClN3O2. The molecule has 0 amide bonds. The number of methoxy groups -OCH3 is 2. The summed E-state index contributed by atoms with van der Waals surface area (Å²) in [5, 5.41) is 8.21. The number of halogens is 1. The molecule has 0 spiro atoms. The van der Waals surface area contributed by atoms with Gasteiger partial charge in [0.2, 0.25) is 0 Å². The van der Waals surface area contributed by atoms with Gasteiger partial charge in [-0.1, -0.05) is 17.7 Å². The third-order valence-electron chi connectivity index (χ3n) is 2.92. The van der Waals surface area contributed by atoms with Crippen molar-refractivity contribution in [1.82, 2.24) is 9.78 Å². The molecule has 0 unspecified atom stereocenters. The van der Waals surface area contributed by atoms with Crippen molar-refractivity contribution in [2.45, 2.75) is 13.1 Å². The lowest BCUT2D eigenvalue weighted by atomic mass is 10.2. The van der Waals surface area contributed by atoms with Crippen LogP contribution in [0.1, 0.15) is 5.56 Å². The Morgan fingerprint density at radius 1 is 1.35 bits per heavy atom. The van der Waals surface area contributed by atoms with Crippen LogP contribution in [0.2, 0.25) is 5.02 Å². The molecule has 0 radical (unpaired) electrons. The average Bonchev–Trinajstić information content (AvgIpc) is 2.91. The van der Waals surface area contributed by atoms with E-state index in [1.165, 1.54) is 0 Å². The molecule has 1 heterocycles. The van der Waals surface area contributed by atoms with Gasteiger partial charge in [-0.3, -0.25) is 4.68 Å². The molecule has 0 bridgehead atoms. The highest BCUT2D eigenvalue weighted by atomic mass is 35.5. The van der Waals surface area contributed by atoms with Crippen LogP contribution in [0.4, 0.5) is 5.69 Å². The van der Waals surface area contributed by atoms with E-state index in [1.807, 2.05) is 29.1 Å². The first-order valence-corrected chi connectivity index (χ1v) is 6.69. The van der Waals surface area contributed by atoms with Crippen molar-refractivity contribution in [3.8, 4) is 5.75 Å². The average molecular weight is 296 g/mol. The molecule has 0 saturated heterocycles. The van der Waals surface area contributed by atoms with Crippen LogP contribution in [0, 0.1) is 0 Å². The fourth-order valence-electron chi connectivity index (χ4n) is 1.85. The van der Waals surface area contributed by atoms with Gasteiger partial charge in [-0.15, -0.1) is 0 Å². The molecule has 1 aromatic carbocycles. The minimum absolute atomic E-state index is 0.582. The van der Waals surface area contributed by atoms with Crippen LogP contribution in [-0.2, 0) is 17.8 Å². The Bertz CT molecular complexity index is 557. The first kappa shape index (κ1) is 14.7. The number of aromatic nitrogens is 2. The van der Waals surface area contributed by atoms with E-state index in [9.17, 15) is 0 Å². The molecule has 1 N–H and O–H groups in total. The number of anilines is 1. The largest absolute Gasteiger partial charge is 0.496 e. The Morgan fingerprint density at radius 2 is 2.20 bits per heavy atom. The monoisotopic (exact) mass is 295 g/mol. The highest BCUT2D eigenvalue weighted by Crippen LogP contribution is 2.26. The zero-order chi connectivity index (χ0) is 14.4. The van der Waals surface area contributed by atoms with E-state index < -0.39 is 0 Å². The third kappa shape index (κ3) is 3.65. The predicted molar refractivity (Wildman–Crippen MR) is 79.4 cm³/mol. The molecule has 6 heteroatoms. The third-order valence-corrected chi connectivity index (χ3v) is 3.28. The van der Waals surface area contributed by atoms with Crippen LogP contribution >= 0.6 is 11.6 Å². The fraction of sp³-hybridized carbons (Fsp3) is 0.357. The van der Waals surface area contributed by atoms with Gasteiger partial charge in [-0.25, -0.2) is 0 Å². The maximum absolute atomic E-state index is 6.19. The molecule has 0 aliphatic carbocycles. The highest BCUT2D eigenvalue weighted by molar-refractivity contribution is 6.31. The zero-order valence-electron chi connectivity index (χ0n) is 11.6. The molecule has 0 aliphatic heterocycles.